The Morgan fingerprint density at radius 1 is 1.15 bits per heavy atom. The van der Waals surface area contributed by atoms with Gasteiger partial charge in [-0.3, -0.25) is 4.79 Å². The van der Waals surface area contributed by atoms with E-state index >= 15 is 0 Å². The largest absolute Gasteiger partial charge is 0.345 e. The summed E-state index contributed by atoms with van der Waals surface area (Å²) in [4.78, 5) is 14.7. The van der Waals surface area contributed by atoms with Gasteiger partial charge in [-0.1, -0.05) is 53.6 Å². The molecule has 0 bridgehead atoms. The van der Waals surface area contributed by atoms with E-state index < -0.39 is 0 Å². The van der Waals surface area contributed by atoms with E-state index in [1.165, 1.54) is 11.1 Å². The van der Waals surface area contributed by atoms with Crippen molar-refractivity contribution in [2.24, 2.45) is 0 Å². The molecule has 0 fully saturated rings. The van der Waals surface area contributed by atoms with E-state index in [9.17, 15) is 4.79 Å². The molecule has 0 saturated carbocycles. The highest BCUT2D eigenvalue weighted by Crippen LogP contribution is 2.16. The number of aromatic nitrogens is 1. The van der Waals surface area contributed by atoms with E-state index in [0.717, 1.165) is 12.2 Å². The zero-order valence-electron chi connectivity index (χ0n) is 15.4. The van der Waals surface area contributed by atoms with Crippen molar-refractivity contribution in [1.82, 2.24) is 9.47 Å². The molecule has 0 spiro atoms. The first-order chi connectivity index (χ1) is 13.1. The Morgan fingerprint density at radius 3 is 2.70 bits per heavy atom. The summed E-state index contributed by atoms with van der Waals surface area (Å²) in [6, 6.07) is 19.6. The van der Waals surface area contributed by atoms with Crippen molar-refractivity contribution < 1.29 is 4.79 Å². The fraction of sp³-hybridized carbons (Fsp3) is 0.174. The summed E-state index contributed by atoms with van der Waals surface area (Å²) in [7, 11) is 0. The predicted molar refractivity (Wildman–Crippen MR) is 111 cm³/mol. The molecular weight excluding hydrogens is 356 g/mol. The van der Waals surface area contributed by atoms with Gasteiger partial charge in [-0.15, -0.1) is 6.58 Å². The summed E-state index contributed by atoms with van der Waals surface area (Å²) >= 11 is 6.05. The number of hydrogen-bond donors (Lipinski definition) is 0. The Kier molecular flexibility index (Phi) is 6.15. The maximum Gasteiger partial charge on any atom is 0.254 e. The summed E-state index contributed by atoms with van der Waals surface area (Å²) in [5.74, 6) is -0.0549. The summed E-state index contributed by atoms with van der Waals surface area (Å²) in [5, 5.41) is 0.558. The molecule has 1 amide bonds. The summed E-state index contributed by atoms with van der Waals surface area (Å²) in [6.07, 6.45) is 3.80. The first kappa shape index (κ1) is 19.0. The Morgan fingerprint density at radius 2 is 1.96 bits per heavy atom. The van der Waals surface area contributed by atoms with Crippen molar-refractivity contribution in [2.75, 3.05) is 6.54 Å². The monoisotopic (exact) mass is 378 g/mol. The summed E-state index contributed by atoms with van der Waals surface area (Å²) in [6.45, 7) is 7.65. The average Bonchev–Trinajstić information content (AvgIpc) is 3.07. The molecule has 3 aromatic rings. The highest BCUT2D eigenvalue weighted by molar-refractivity contribution is 6.30. The summed E-state index contributed by atoms with van der Waals surface area (Å²) < 4.78 is 2.18. The molecule has 0 atom stereocenters. The molecule has 3 rings (SSSR count). The minimum Gasteiger partial charge on any atom is -0.345 e. The van der Waals surface area contributed by atoms with E-state index in [-0.39, 0.29) is 5.91 Å². The minimum absolute atomic E-state index is 0.0549. The standard InChI is InChI=1S/C23H23ClN2O/c1-3-12-26(23(27)20-9-5-10-21(24)15-20)17-22-11-6-13-25(22)16-19-8-4-7-18(2)14-19/h3-11,13-15H,1,12,16-17H2,2H3. The van der Waals surface area contributed by atoms with Crippen LogP contribution >= 0.6 is 11.6 Å². The van der Waals surface area contributed by atoms with Crippen molar-refractivity contribution in [2.45, 2.75) is 20.0 Å². The van der Waals surface area contributed by atoms with Crippen LogP contribution in [0.4, 0.5) is 0 Å². The van der Waals surface area contributed by atoms with Gasteiger partial charge in [-0.25, -0.2) is 0 Å². The van der Waals surface area contributed by atoms with Crippen LogP contribution in [0, 0.1) is 6.92 Å². The molecule has 0 unspecified atom stereocenters. The maximum atomic E-state index is 12.9. The van der Waals surface area contributed by atoms with Crippen molar-refractivity contribution in [3.63, 3.8) is 0 Å². The second-order valence-electron chi connectivity index (χ2n) is 6.60. The van der Waals surface area contributed by atoms with Crippen molar-refractivity contribution in [1.29, 1.82) is 0 Å². The quantitative estimate of drug-likeness (QED) is 0.510. The fourth-order valence-electron chi connectivity index (χ4n) is 3.13. The maximum absolute atomic E-state index is 12.9. The zero-order valence-corrected chi connectivity index (χ0v) is 16.2. The zero-order chi connectivity index (χ0) is 19.2. The van der Waals surface area contributed by atoms with E-state index in [4.69, 9.17) is 11.6 Å². The Labute approximate surface area is 165 Å². The fourth-order valence-corrected chi connectivity index (χ4v) is 3.32. The molecule has 0 radical (unpaired) electrons. The molecule has 3 nitrogen and oxygen atoms in total. The van der Waals surface area contributed by atoms with Crippen molar-refractivity contribution >= 4 is 17.5 Å². The lowest BCUT2D eigenvalue weighted by Gasteiger charge is -2.22. The summed E-state index contributed by atoms with van der Waals surface area (Å²) in [5.41, 5.74) is 4.14. The normalized spacial score (nSPS) is 10.6. The highest BCUT2D eigenvalue weighted by Gasteiger charge is 2.17. The second kappa shape index (κ2) is 8.74. The van der Waals surface area contributed by atoms with Gasteiger partial charge in [0.2, 0.25) is 0 Å². The Bertz CT molecular complexity index is 945. The number of amides is 1. The highest BCUT2D eigenvalue weighted by atomic mass is 35.5. The van der Waals surface area contributed by atoms with Crippen LogP contribution in [0.2, 0.25) is 5.02 Å². The third-order valence-corrected chi connectivity index (χ3v) is 4.66. The topological polar surface area (TPSA) is 25.2 Å². The van der Waals surface area contributed by atoms with Gasteiger partial charge >= 0.3 is 0 Å². The Hall–Kier alpha value is -2.78. The molecule has 4 heteroatoms. The van der Waals surface area contributed by atoms with Gasteiger partial charge in [-0.05, 0) is 42.8 Å². The van der Waals surface area contributed by atoms with Gasteiger partial charge in [-0.2, -0.15) is 0 Å². The van der Waals surface area contributed by atoms with Crippen LogP contribution < -0.4 is 0 Å². The minimum atomic E-state index is -0.0549. The van der Waals surface area contributed by atoms with Gasteiger partial charge in [0, 0.05) is 35.6 Å². The third kappa shape index (κ3) is 4.89. The van der Waals surface area contributed by atoms with Crippen LogP contribution in [0.25, 0.3) is 0 Å². The van der Waals surface area contributed by atoms with Crippen LogP contribution in [0.3, 0.4) is 0 Å². The number of benzene rings is 2. The van der Waals surface area contributed by atoms with Crippen LogP contribution in [-0.2, 0) is 13.1 Å². The lowest BCUT2D eigenvalue weighted by molar-refractivity contribution is 0.0759. The number of carbonyl (C=O) groups excluding carboxylic acids is 1. The molecule has 2 aromatic carbocycles. The number of hydrogen-bond acceptors (Lipinski definition) is 1. The molecular formula is C23H23ClN2O. The Balaban J connectivity index is 1.80. The molecule has 0 N–H and O–H groups in total. The van der Waals surface area contributed by atoms with Crippen LogP contribution in [0.15, 0.2) is 79.5 Å². The van der Waals surface area contributed by atoms with Gasteiger partial charge in [0.15, 0.2) is 0 Å². The number of carbonyl (C=O) groups is 1. The van der Waals surface area contributed by atoms with Crippen LogP contribution in [0.1, 0.15) is 27.2 Å². The van der Waals surface area contributed by atoms with Gasteiger partial charge in [0.1, 0.15) is 0 Å². The number of aryl methyl sites for hydroxylation is 1. The average molecular weight is 379 g/mol. The van der Waals surface area contributed by atoms with E-state index in [1.54, 1.807) is 35.2 Å². The lowest BCUT2D eigenvalue weighted by Crippen LogP contribution is -2.31. The molecule has 0 saturated heterocycles. The molecule has 0 aliphatic heterocycles. The number of rotatable bonds is 7. The van der Waals surface area contributed by atoms with Crippen LogP contribution in [0.5, 0.6) is 0 Å². The van der Waals surface area contributed by atoms with E-state index in [0.29, 0.717) is 23.7 Å². The SMILES string of the molecule is C=CCN(Cc1cccn1Cc1cccc(C)c1)C(=O)c1cccc(Cl)c1. The van der Waals surface area contributed by atoms with Crippen molar-refractivity contribution in [3.05, 3.63) is 107 Å². The predicted octanol–water partition coefficient (Wildman–Crippen LogP) is 5.33. The second-order valence-corrected chi connectivity index (χ2v) is 7.04. The van der Waals surface area contributed by atoms with E-state index in [1.807, 2.05) is 12.3 Å². The molecule has 1 aromatic heterocycles. The first-order valence-electron chi connectivity index (χ1n) is 8.92. The first-order valence-corrected chi connectivity index (χ1v) is 9.30. The smallest absolute Gasteiger partial charge is 0.254 e. The lowest BCUT2D eigenvalue weighted by atomic mass is 10.1. The van der Waals surface area contributed by atoms with E-state index in [2.05, 4.69) is 48.4 Å². The number of nitrogens with zero attached hydrogens (tertiary/aromatic N) is 2. The molecule has 0 aliphatic rings. The van der Waals surface area contributed by atoms with Gasteiger partial charge in [0.05, 0.1) is 6.54 Å². The van der Waals surface area contributed by atoms with Gasteiger partial charge < -0.3 is 9.47 Å². The molecule has 1 heterocycles. The molecule has 27 heavy (non-hydrogen) atoms. The van der Waals surface area contributed by atoms with Crippen LogP contribution in [-0.4, -0.2) is 21.9 Å². The van der Waals surface area contributed by atoms with Gasteiger partial charge in [0.25, 0.3) is 5.91 Å². The van der Waals surface area contributed by atoms with Crippen molar-refractivity contribution in [3.8, 4) is 0 Å². The number of halogens is 1. The molecule has 138 valence electrons. The third-order valence-electron chi connectivity index (χ3n) is 4.42. The molecule has 0 aliphatic carbocycles.